The smallest absolute Gasteiger partial charge is 0.251 e. The molecule has 1 aromatic carbocycles. The SMILES string of the molecule is C=C/C(C)=C(\C=C/N)c1cc(C)cc(NC(=O)/C(C)=C/C=C\S)c1N. The number of anilines is 2. The third-order valence-electron chi connectivity index (χ3n) is 3.65. The molecule has 0 fully saturated rings. The second-order valence-corrected chi connectivity index (χ2v) is 5.88. The Kier molecular flexibility index (Phi) is 7.82. The van der Waals surface area contributed by atoms with Crippen LogP contribution in [-0.4, -0.2) is 5.91 Å². The van der Waals surface area contributed by atoms with Crippen LogP contribution in [0.4, 0.5) is 11.4 Å². The zero-order valence-electron chi connectivity index (χ0n) is 14.8. The van der Waals surface area contributed by atoms with Gasteiger partial charge in [-0.1, -0.05) is 24.8 Å². The monoisotopic (exact) mass is 355 g/mol. The van der Waals surface area contributed by atoms with Crippen molar-refractivity contribution < 1.29 is 4.79 Å². The van der Waals surface area contributed by atoms with Crippen molar-refractivity contribution in [2.75, 3.05) is 11.1 Å². The molecule has 0 atom stereocenters. The van der Waals surface area contributed by atoms with Gasteiger partial charge in [0, 0.05) is 11.1 Å². The normalized spacial score (nSPS) is 13.2. The molecule has 132 valence electrons. The Labute approximate surface area is 155 Å². The van der Waals surface area contributed by atoms with Crippen LogP contribution in [0.2, 0.25) is 0 Å². The maximum absolute atomic E-state index is 12.3. The zero-order chi connectivity index (χ0) is 19.0. The van der Waals surface area contributed by atoms with E-state index in [1.54, 1.807) is 36.6 Å². The quantitative estimate of drug-likeness (QED) is 0.265. The van der Waals surface area contributed by atoms with Gasteiger partial charge >= 0.3 is 0 Å². The molecule has 0 aromatic heterocycles. The molecule has 0 unspecified atom stereocenters. The molecule has 0 saturated carbocycles. The van der Waals surface area contributed by atoms with Crippen LogP contribution in [0.3, 0.4) is 0 Å². The summed E-state index contributed by atoms with van der Waals surface area (Å²) in [7, 11) is 0. The molecule has 25 heavy (non-hydrogen) atoms. The lowest BCUT2D eigenvalue weighted by Gasteiger charge is -2.16. The number of rotatable bonds is 6. The lowest BCUT2D eigenvalue weighted by molar-refractivity contribution is -0.112. The minimum absolute atomic E-state index is 0.227. The van der Waals surface area contributed by atoms with Gasteiger partial charge in [0.2, 0.25) is 0 Å². The van der Waals surface area contributed by atoms with Crippen LogP contribution < -0.4 is 16.8 Å². The van der Waals surface area contributed by atoms with Gasteiger partial charge in [-0.05, 0) is 67.3 Å². The summed E-state index contributed by atoms with van der Waals surface area (Å²) >= 11 is 3.97. The van der Waals surface area contributed by atoms with Crippen LogP contribution in [0.25, 0.3) is 5.57 Å². The van der Waals surface area contributed by atoms with Gasteiger partial charge < -0.3 is 16.8 Å². The molecule has 0 radical (unpaired) electrons. The molecule has 0 aliphatic carbocycles. The maximum atomic E-state index is 12.3. The van der Waals surface area contributed by atoms with Gasteiger partial charge in [-0.2, -0.15) is 12.6 Å². The number of benzene rings is 1. The number of hydrogen-bond donors (Lipinski definition) is 4. The van der Waals surface area contributed by atoms with Crippen LogP contribution >= 0.6 is 12.6 Å². The Morgan fingerprint density at radius 3 is 2.56 bits per heavy atom. The molecular formula is C20H25N3OS. The van der Waals surface area contributed by atoms with Crippen LogP contribution in [0, 0.1) is 6.92 Å². The van der Waals surface area contributed by atoms with Crippen molar-refractivity contribution in [2.45, 2.75) is 20.8 Å². The van der Waals surface area contributed by atoms with Gasteiger partial charge in [-0.25, -0.2) is 0 Å². The topological polar surface area (TPSA) is 81.1 Å². The average Bonchev–Trinajstić information content (AvgIpc) is 2.59. The predicted molar refractivity (Wildman–Crippen MR) is 112 cm³/mol. The first-order chi connectivity index (χ1) is 11.8. The van der Waals surface area contributed by atoms with E-state index < -0.39 is 0 Å². The highest BCUT2D eigenvalue weighted by atomic mass is 32.1. The van der Waals surface area contributed by atoms with Gasteiger partial charge in [-0.15, -0.1) is 0 Å². The lowest BCUT2D eigenvalue weighted by atomic mass is 9.96. The fraction of sp³-hybridized carbons (Fsp3) is 0.150. The van der Waals surface area contributed by atoms with Crippen molar-refractivity contribution in [1.29, 1.82) is 0 Å². The number of aryl methyl sites for hydroxylation is 1. The largest absolute Gasteiger partial charge is 0.405 e. The minimum Gasteiger partial charge on any atom is -0.405 e. The number of nitrogens with two attached hydrogens (primary N) is 2. The first-order valence-corrected chi connectivity index (χ1v) is 8.28. The second kappa shape index (κ2) is 9.59. The summed E-state index contributed by atoms with van der Waals surface area (Å²) in [6.07, 6.45) is 8.34. The molecule has 0 spiro atoms. The highest BCUT2D eigenvalue weighted by Crippen LogP contribution is 2.33. The van der Waals surface area contributed by atoms with Gasteiger partial charge in [0.1, 0.15) is 0 Å². The van der Waals surface area contributed by atoms with Gasteiger partial charge in [-0.3, -0.25) is 4.79 Å². The summed E-state index contributed by atoms with van der Waals surface area (Å²) in [4.78, 5) is 12.3. The summed E-state index contributed by atoms with van der Waals surface area (Å²) in [5, 5.41) is 4.42. The number of thiol groups is 1. The number of carbonyl (C=O) groups excluding carboxylic acids is 1. The average molecular weight is 356 g/mol. The lowest BCUT2D eigenvalue weighted by Crippen LogP contribution is -2.14. The molecule has 0 aliphatic rings. The van der Waals surface area contributed by atoms with Gasteiger partial charge in [0.05, 0.1) is 11.4 Å². The molecule has 0 saturated heterocycles. The minimum atomic E-state index is -0.227. The van der Waals surface area contributed by atoms with Gasteiger partial charge in [0.15, 0.2) is 0 Å². The Hall–Kier alpha value is -2.66. The second-order valence-electron chi connectivity index (χ2n) is 5.58. The van der Waals surface area contributed by atoms with E-state index in [2.05, 4.69) is 24.5 Å². The summed E-state index contributed by atoms with van der Waals surface area (Å²) in [6.45, 7) is 9.40. The van der Waals surface area contributed by atoms with E-state index in [1.807, 2.05) is 26.0 Å². The molecule has 0 heterocycles. The highest BCUT2D eigenvalue weighted by molar-refractivity contribution is 7.83. The molecule has 0 aliphatic heterocycles. The number of nitrogen functional groups attached to an aromatic ring is 1. The first kappa shape index (κ1) is 20.4. The molecule has 5 N–H and O–H groups in total. The van der Waals surface area contributed by atoms with Crippen molar-refractivity contribution in [2.24, 2.45) is 5.73 Å². The van der Waals surface area contributed by atoms with E-state index in [4.69, 9.17) is 11.5 Å². The standard InChI is InChI=1S/C20H25N3OS/c1-5-14(3)16(8-9-21)17-11-13(2)12-18(19(17)22)23-20(24)15(4)7-6-10-25/h5-12,25H,1,21-22H2,2-4H3,(H,23,24)/b9-8-,10-6-,15-7+,16-14+. The third kappa shape index (κ3) is 5.43. The first-order valence-electron chi connectivity index (χ1n) is 7.76. The van der Waals surface area contributed by atoms with Crippen molar-refractivity contribution in [3.8, 4) is 0 Å². The fourth-order valence-electron chi connectivity index (χ4n) is 2.25. The van der Waals surface area contributed by atoms with E-state index >= 15 is 0 Å². The number of allylic oxidation sites excluding steroid dienone is 6. The molecule has 1 rings (SSSR count). The van der Waals surface area contributed by atoms with E-state index in [9.17, 15) is 4.79 Å². The fourth-order valence-corrected chi connectivity index (χ4v) is 2.33. The maximum Gasteiger partial charge on any atom is 0.251 e. The molecule has 0 bridgehead atoms. The molecular weight excluding hydrogens is 330 g/mol. The highest BCUT2D eigenvalue weighted by Gasteiger charge is 2.13. The summed E-state index contributed by atoms with van der Waals surface area (Å²) in [6, 6.07) is 3.80. The van der Waals surface area contributed by atoms with Crippen LogP contribution in [-0.2, 0) is 4.79 Å². The van der Waals surface area contributed by atoms with Crippen LogP contribution in [0.1, 0.15) is 25.0 Å². The van der Waals surface area contributed by atoms with Crippen molar-refractivity contribution in [3.05, 3.63) is 76.9 Å². The third-order valence-corrected chi connectivity index (χ3v) is 3.82. The van der Waals surface area contributed by atoms with Crippen molar-refractivity contribution in [1.82, 2.24) is 0 Å². The molecule has 4 nitrogen and oxygen atoms in total. The zero-order valence-corrected chi connectivity index (χ0v) is 15.7. The predicted octanol–water partition coefficient (Wildman–Crippen LogP) is 4.34. The number of nitrogens with one attached hydrogen (secondary N) is 1. The van der Waals surface area contributed by atoms with Crippen LogP contribution in [0.15, 0.2) is 65.8 Å². The summed E-state index contributed by atoms with van der Waals surface area (Å²) < 4.78 is 0. The van der Waals surface area contributed by atoms with E-state index in [1.165, 1.54) is 6.20 Å². The van der Waals surface area contributed by atoms with Crippen molar-refractivity contribution >= 4 is 35.5 Å². The van der Waals surface area contributed by atoms with Gasteiger partial charge in [0.25, 0.3) is 5.91 Å². The number of carbonyl (C=O) groups is 1. The number of amides is 1. The van der Waals surface area contributed by atoms with E-state index in [0.717, 1.165) is 22.3 Å². The summed E-state index contributed by atoms with van der Waals surface area (Å²) in [5.74, 6) is -0.227. The van der Waals surface area contributed by atoms with E-state index in [0.29, 0.717) is 16.9 Å². The van der Waals surface area contributed by atoms with Crippen molar-refractivity contribution in [3.63, 3.8) is 0 Å². The molecule has 1 aromatic rings. The number of hydrogen-bond acceptors (Lipinski definition) is 4. The summed E-state index contributed by atoms with van der Waals surface area (Å²) in [5.41, 5.74) is 17.0. The Bertz CT molecular complexity index is 786. The molecule has 1 amide bonds. The molecule has 5 heteroatoms. The van der Waals surface area contributed by atoms with E-state index in [-0.39, 0.29) is 5.91 Å². The Morgan fingerprint density at radius 1 is 1.32 bits per heavy atom. The Morgan fingerprint density at radius 2 is 2.00 bits per heavy atom. The van der Waals surface area contributed by atoms with Crippen LogP contribution in [0.5, 0.6) is 0 Å². The Balaban J connectivity index is 3.40.